The summed E-state index contributed by atoms with van der Waals surface area (Å²) in [6.07, 6.45) is 8.29. The molecular weight excluding hydrogens is 502 g/mol. The lowest BCUT2D eigenvalue weighted by molar-refractivity contribution is -0.151. The molecule has 1 unspecified atom stereocenters. The molecule has 2 saturated heterocycles. The third kappa shape index (κ3) is 6.33. The third-order valence-corrected chi connectivity index (χ3v) is 8.65. The Hall–Kier alpha value is -2.19. The number of ether oxygens (including phenoxy) is 2. The number of pyridine rings is 1. The average Bonchev–Trinajstić information content (AvgIpc) is 2.89. The summed E-state index contributed by atoms with van der Waals surface area (Å²) in [5.74, 6) is 0.228. The van der Waals surface area contributed by atoms with Crippen LogP contribution in [0.5, 0.6) is 0 Å². The molecule has 2 aromatic rings. The number of likely N-dealkylation sites (tertiary alicyclic amines) is 1. The number of aromatic nitrogens is 1. The molecule has 38 heavy (non-hydrogen) atoms. The zero-order chi connectivity index (χ0) is 26.5. The van der Waals surface area contributed by atoms with Gasteiger partial charge in [0, 0.05) is 50.2 Å². The molecule has 206 valence electrons. The van der Waals surface area contributed by atoms with Gasteiger partial charge in [0.15, 0.2) is 0 Å². The summed E-state index contributed by atoms with van der Waals surface area (Å²) in [5.41, 5.74) is 4.25. The Morgan fingerprint density at radius 1 is 1.24 bits per heavy atom. The molecule has 3 aliphatic rings. The topological polar surface area (TPSA) is 83.9 Å². The number of aliphatic carboxylic acids is 1. The van der Waals surface area contributed by atoms with E-state index in [0.29, 0.717) is 37.9 Å². The van der Waals surface area contributed by atoms with E-state index in [9.17, 15) is 9.90 Å². The number of carboxylic acid groups (broad SMARTS) is 1. The van der Waals surface area contributed by atoms with Gasteiger partial charge in [-0.1, -0.05) is 37.1 Å². The summed E-state index contributed by atoms with van der Waals surface area (Å²) < 4.78 is 11.7. The highest BCUT2D eigenvalue weighted by molar-refractivity contribution is 6.30. The molecule has 7 nitrogen and oxygen atoms in total. The molecule has 2 fully saturated rings. The van der Waals surface area contributed by atoms with E-state index in [1.807, 2.05) is 23.1 Å². The molecule has 0 aliphatic carbocycles. The summed E-state index contributed by atoms with van der Waals surface area (Å²) in [7, 11) is 0. The van der Waals surface area contributed by atoms with Crippen molar-refractivity contribution in [2.45, 2.75) is 75.9 Å². The predicted molar refractivity (Wildman–Crippen MR) is 149 cm³/mol. The Labute approximate surface area is 230 Å². The van der Waals surface area contributed by atoms with Crippen molar-refractivity contribution >= 4 is 23.4 Å². The van der Waals surface area contributed by atoms with Gasteiger partial charge in [0.2, 0.25) is 0 Å². The minimum atomic E-state index is -0.839. The van der Waals surface area contributed by atoms with Gasteiger partial charge in [-0.2, -0.15) is 0 Å². The Kier molecular flexibility index (Phi) is 8.88. The molecule has 0 radical (unpaired) electrons. The Morgan fingerprint density at radius 3 is 2.84 bits per heavy atom. The number of anilines is 1. The van der Waals surface area contributed by atoms with Gasteiger partial charge >= 0.3 is 5.97 Å². The van der Waals surface area contributed by atoms with Crippen LogP contribution >= 0.6 is 11.6 Å². The number of fused-ring (bicyclic) bond motifs is 1. The highest BCUT2D eigenvalue weighted by Gasteiger charge is 2.41. The van der Waals surface area contributed by atoms with Crippen LogP contribution in [-0.2, 0) is 32.5 Å². The van der Waals surface area contributed by atoms with E-state index in [1.54, 1.807) is 0 Å². The van der Waals surface area contributed by atoms with Crippen molar-refractivity contribution in [3.05, 3.63) is 57.7 Å². The van der Waals surface area contributed by atoms with Crippen LogP contribution in [0.2, 0.25) is 5.02 Å². The van der Waals surface area contributed by atoms with Gasteiger partial charge in [-0.25, -0.2) is 4.98 Å². The maximum atomic E-state index is 12.5. The second kappa shape index (κ2) is 12.3. The monoisotopic (exact) mass is 541 g/mol. The standard InChI is InChI=1S/C30H40ClN3O4/c1-30(12-16-37-17-13-30)26-11-9-22(31)18-25(26)27(29(35)36)34-19-24(20-34)38-15-4-2-3-7-23-10-8-21-6-5-14-32-28(21)33-23/h8-11,18,24,27H,2-7,12-17,19-20H2,1H3,(H,32,33)(H,35,36). The maximum absolute atomic E-state index is 12.5. The molecule has 0 spiro atoms. The van der Waals surface area contributed by atoms with Crippen LogP contribution in [0, 0.1) is 0 Å². The van der Waals surface area contributed by atoms with Crippen molar-refractivity contribution in [2.24, 2.45) is 0 Å². The van der Waals surface area contributed by atoms with Crippen molar-refractivity contribution in [1.29, 1.82) is 0 Å². The summed E-state index contributed by atoms with van der Waals surface area (Å²) in [5, 5.41) is 14.2. The molecule has 4 heterocycles. The fourth-order valence-electron chi connectivity index (χ4n) is 6.02. The van der Waals surface area contributed by atoms with E-state index in [1.165, 1.54) is 12.0 Å². The van der Waals surface area contributed by atoms with Gasteiger partial charge in [0.1, 0.15) is 11.9 Å². The van der Waals surface area contributed by atoms with E-state index in [4.69, 9.17) is 26.1 Å². The average molecular weight is 542 g/mol. The number of hydrogen-bond donors (Lipinski definition) is 2. The highest BCUT2D eigenvalue weighted by Crippen LogP contribution is 2.41. The first-order chi connectivity index (χ1) is 18.4. The van der Waals surface area contributed by atoms with Crippen molar-refractivity contribution < 1.29 is 19.4 Å². The molecule has 3 aliphatic heterocycles. The highest BCUT2D eigenvalue weighted by atomic mass is 35.5. The van der Waals surface area contributed by atoms with E-state index in [0.717, 1.165) is 74.1 Å². The third-order valence-electron chi connectivity index (χ3n) is 8.41. The van der Waals surface area contributed by atoms with E-state index < -0.39 is 12.0 Å². The summed E-state index contributed by atoms with van der Waals surface area (Å²) in [6, 6.07) is 9.40. The van der Waals surface area contributed by atoms with Crippen LogP contribution < -0.4 is 5.32 Å². The predicted octanol–water partition coefficient (Wildman–Crippen LogP) is 5.40. The lowest BCUT2D eigenvalue weighted by atomic mass is 9.73. The smallest absolute Gasteiger partial charge is 0.325 e. The number of aryl methyl sites for hydroxylation is 2. The maximum Gasteiger partial charge on any atom is 0.325 e. The molecule has 1 atom stereocenters. The molecule has 1 aromatic carbocycles. The number of rotatable bonds is 11. The van der Waals surface area contributed by atoms with E-state index in [2.05, 4.69) is 24.4 Å². The van der Waals surface area contributed by atoms with Crippen LogP contribution in [-0.4, -0.2) is 66.5 Å². The van der Waals surface area contributed by atoms with Crippen molar-refractivity contribution in [3.8, 4) is 0 Å². The van der Waals surface area contributed by atoms with Gasteiger partial charge in [-0.05, 0) is 85.3 Å². The van der Waals surface area contributed by atoms with Gasteiger partial charge in [-0.3, -0.25) is 9.69 Å². The second-order valence-corrected chi connectivity index (χ2v) is 11.7. The van der Waals surface area contributed by atoms with Gasteiger partial charge in [0.25, 0.3) is 0 Å². The van der Waals surface area contributed by atoms with Gasteiger partial charge < -0.3 is 19.9 Å². The van der Waals surface area contributed by atoms with Crippen LogP contribution in [0.4, 0.5) is 5.82 Å². The number of nitrogens with zero attached hydrogens (tertiary/aromatic N) is 2. The first kappa shape index (κ1) is 27.4. The first-order valence-corrected chi connectivity index (χ1v) is 14.5. The number of unbranched alkanes of at least 4 members (excludes halogenated alkanes) is 2. The number of hydrogen-bond acceptors (Lipinski definition) is 6. The fourth-order valence-corrected chi connectivity index (χ4v) is 6.20. The van der Waals surface area contributed by atoms with Crippen molar-refractivity contribution in [3.63, 3.8) is 0 Å². The van der Waals surface area contributed by atoms with Crippen molar-refractivity contribution in [1.82, 2.24) is 9.88 Å². The Balaban J connectivity index is 1.08. The normalized spacial score (nSPS) is 20.3. The van der Waals surface area contributed by atoms with E-state index in [-0.39, 0.29) is 11.5 Å². The number of halogens is 1. The van der Waals surface area contributed by atoms with Crippen LogP contribution in [0.15, 0.2) is 30.3 Å². The number of carboxylic acids is 1. The van der Waals surface area contributed by atoms with Crippen LogP contribution in [0.25, 0.3) is 0 Å². The van der Waals surface area contributed by atoms with Crippen molar-refractivity contribution in [2.75, 3.05) is 44.8 Å². The zero-order valence-electron chi connectivity index (χ0n) is 22.4. The molecule has 0 bridgehead atoms. The first-order valence-electron chi connectivity index (χ1n) is 14.1. The fraction of sp³-hybridized carbons (Fsp3) is 0.600. The largest absolute Gasteiger partial charge is 0.480 e. The molecule has 1 aromatic heterocycles. The lowest BCUT2D eigenvalue weighted by Gasteiger charge is -2.44. The van der Waals surface area contributed by atoms with Crippen LogP contribution in [0.3, 0.4) is 0 Å². The lowest BCUT2D eigenvalue weighted by Crippen LogP contribution is -2.55. The molecular formula is C30H40ClN3O4. The SMILES string of the molecule is CC1(c2ccc(Cl)cc2C(C(=O)O)N2CC(OCCCCCc3ccc4c(n3)NCCC4)C2)CCOCC1. The molecule has 5 rings (SSSR count). The minimum absolute atomic E-state index is 0.0755. The summed E-state index contributed by atoms with van der Waals surface area (Å²) in [4.78, 5) is 19.2. The zero-order valence-corrected chi connectivity index (χ0v) is 23.1. The molecule has 0 amide bonds. The Bertz CT molecular complexity index is 1110. The molecule has 8 heteroatoms. The number of carbonyl (C=O) groups is 1. The molecule has 0 saturated carbocycles. The quantitative estimate of drug-likeness (QED) is 0.368. The van der Waals surface area contributed by atoms with Gasteiger partial charge in [-0.15, -0.1) is 0 Å². The number of benzene rings is 1. The summed E-state index contributed by atoms with van der Waals surface area (Å²) in [6.45, 7) is 6.55. The second-order valence-electron chi connectivity index (χ2n) is 11.2. The van der Waals surface area contributed by atoms with E-state index >= 15 is 0 Å². The van der Waals surface area contributed by atoms with Gasteiger partial charge in [0.05, 0.1) is 6.10 Å². The summed E-state index contributed by atoms with van der Waals surface area (Å²) >= 11 is 6.36. The van der Waals surface area contributed by atoms with Crippen LogP contribution in [0.1, 0.15) is 73.9 Å². The number of nitrogens with one attached hydrogen (secondary N) is 1. The Morgan fingerprint density at radius 2 is 2.05 bits per heavy atom. The minimum Gasteiger partial charge on any atom is -0.480 e. The molecule has 2 N–H and O–H groups in total.